The molecule has 0 saturated heterocycles. The number of benzene rings is 4. The van der Waals surface area contributed by atoms with Crippen LogP contribution in [0.3, 0.4) is 0 Å². The summed E-state index contributed by atoms with van der Waals surface area (Å²) in [6.45, 7) is 0. The minimum atomic E-state index is -0.981. The molecule has 0 unspecified atom stereocenters. The van der Waals surface area contributed by atoms with Crippen molar-refractivity contribution in [2.24, 2.45) is 0 Å². The predicted octanol–water partition coefficient (Wildman–Crippen LogP) is 7.11. The Hall–Kier alpha value is -5.37. The predicted molar refractivity (Wildman–Crippen MR) is 144 cm³/mol. The fraction of sp³-hybridized carbons (Fsp3) is 0. The van der Waals surface area contributed by atoms with Crippen molar-refractivity contribution in [3.05, 3.63) is 115 Å². The molecule has 0 aliphatic heterocycles. The molecule has 4 N–H and O–H groups in total. The van der Waals surface area contributed by atoms with Crippen LogP contribution < -0.4 is 20.7 Å². The fourth-order valence-corrected chi connectivity index (χ4v) is 3.79. The van der Waals surface area contributed by atoms with E-state index in [0.29, 0.717) is 34.4 Å². The minimum Gasteiger partial charge on any atom is -0.478 e. The number of carbonyl (C=O) groups is 2. The number of nitrogens with zero attached hydrogens (tertiary/aromatic N) is 1. The van der Waals surface area contributed by atoms with Crippen LogP contribution >= 0.6 is 0 Å². The van der Waals surface area contributed by atoms with Crippen LogP contribution in [0.5, 0.6) is 11.5 Å². The summed E-state index contributed by atoms with van der Waals surface area (Å²) < 4.78 is 6.19. The Morgan fingerprint density at radius 2 is 1.46 bits per heavy atom. The van der Waals surface area contributed by atoms with Gasteiger partial charge in [0.1, 0.15) is 17.3 Å². The van der Waals surface area contributed by atoms with Crippen molar-refractivity contribution >= 4 is 45.7 Å². The molecule has 0 radical (unpaired) electrons. The summed E-state index contributed by atoms with van der Waals surface area (Å²) in [6, 6.07) is 30.0. The van der Waals surface area contributed by atoms with Crippen LogP contribution in [0.1, 0.15) is 10.4 Å². The zero-order valence-corrected chi connectivity index (χ0v) is 19.5. The molecule has 0 bridgehead atoms. The molecule has 0 atom stereocenters. The Morgan fingerprint density at radius 1 is 0.730 bits per heavy atom. The number of fused-ring (bicyclic) bond motifs is 1. The van der Waals surface area contributed by atoms with Gasteiger partial charge in [0.2, 0.25) is 0 Å². The highest BCUT2D eigenvalue weighted by Crippen LogP contribution is 2.35. The number of carbonyl (C=O) groups excluding carboxylic acids is 1. The van der Waals surface area contributed by atoms with E-state index in [1.165, 1.54) is 12.1 Å². The van der Waals surface area contributed by atoms with Gasteiger partial charge >= 0.3 is 12.0 Å². The molecule has 0 fully saturated rings. The lowest BCUT2D eigenvalue weighted by Gasteiger charge is -2.14. The molecular formula is C29H22N4O4. The summed E-state index contributed by atoms with van der Waals surface area (Å²) >= 11 is 0. The van der Waals surface area contributed by atoms with E-state index in [1.807, 2.05) is 54.6 Å². The second-order valence-electron chi connectivity index (χ2n) is 8.09. The first-order chi connectivity index (χ1) is 18.0. The van der Waals surface area contributed by atoms with E-state index in [-0.39, 0.29) is 11.6 Å². The zero-order valence-electron chi connectivity index (χ0n) is 19.5. The van der Waals surface area contributed by atoms with Gasteiger partial charge in [-0.2, -0.15) is 0 Å². The first-order valence-corrected chi connectivity index (χ1v) is 11.4. The number of anilines is 4. The Bertz CT molecular complexity index is 1570. The second-order valence-corrected chi connectivity index (χ2v) is 8.09. The summed E-state index contributed by atoms with van der Waals surface area (Å²) in [6.07, 6.45) is 1.62. The number of amides is 2. The Balaban J connectivity index is 1.34. The lowest BCUT2D eigenvalue weighted by atomic mass is 10.1. The van der Waals surface area contributed by atoms with Gasteiger partial charge in [-0.3, -0.25) is 0 Å². The summed E-state index contributed by atoms with van der Waals surface area (Å²) in [5, 5.41) is 19.6. The highest BCUT2D eigenvalue weighted by molar-refractivity contribution is 6.07. The molecule has 8 nitrogen and oxygen atoms in total. The first kappa shape index (κ1) is 23.4. The van der Waals surface area contributed by atoms with Gasteiger partial charge in [-0.05, 0) is 54.6 Å². The van der Waals surface area contributed by atoms with Gasteiger partial charge in [0.25, 0.3) is 0 Å². The smallest absolute Gasteiger partial charge is 0.335 e. The second kappa shape index (κ2) is 10.5. The maximum atomic E-state index is 12.5. The third-order valence-electron chi connectivity index (χ3n) is 5.53. The number of ether oxygens (including phenoxy) is 1. The maximum absolute atomic E-state index is 12.5. The molecule has 0 aliphatic carbocycles. The van der Waals surface area contributed by atoms with Crippen molar-refractivity contribution < 1.29 is 19.4 Å². The molecule has 5 aromatic rings. The number of para-hydroxylation sites is 1. The van der Waals surface area contributed by atoms with E-state index in [9.17, 15) is 9.59 Å². The standard InChI is InChI=1S/C29H22N4O4/c34-28(35)19-10-12-21(13-11-19)31-27-18-22(16-17-30-27)37-26-15-14-25(23-8-4-5-9-24(23)26)33-29(36)32-20-6-2-1-3-7-20/h1-18H,(H,30,31)(H,34,35)(H2,32,33,36). The van der Waals surface area contributed by atoms with Crippen LogP contribution in [0, 0.1) is 0 Å². The average molecular weight is 491 g/mol. The van der Waals surface area contributed by atoms with Crippen LogP contribution in [0.15, 0.2) is 109 Å². The van der Waals surface area contributed by atoms with Gasteiger partial charge in [0.05, 0.1) is 11.3 Å². The number of pyridine rings is 1. The maximum Gasteiger partial charge on any atom is 0.335 e. The number of aromatic carboxylic acids is 1. The molecule has 8 heteroatoms. The lowest BCUT2D eigenvalue weighted by molar-refractivity contribution is 0.0697. The average Bonchev–Trinajstić information content (AvgIpc) is 2.91. The molecule has 5 rings (SSSR count). The molecular weight excluding hydrogens is 468 g/mol. The van der Waals surface area contributed by atoms with Crippen LogP contribution in [0.4, 0.5) is 27.7 Å². The number of carboxylic acid groups (broad SMARTS) is 1. The van der Waals surface area contributed by atoms with Crippen molar-refractivity contribution in [3.63, 3.8) is 0 Å². The third kappa shape index (κ3) is 5.66. The number of hydrogen-bond acceptors (Lipinski definition) is 5. The zero-order chi connectivity index (χ0) is 25.6. The van der Waals surface area contributed by atoms with Crippen molar-refractivity contribution in [1.29, 1.82) is 0 Å². The Morgan fingerprint density at radius 3 is 2.22 bits per heavy atom. The van der Waals surface area contributed by atoms with Gasteiger partial charge in [-0.25, -0.2) is 14.6 Å². The summed E-state index contributed by atoms with van der Waals surface area (Å²) in [5.74, 6) is 0.742. The molecule has 0 saturated carbocycles. The topological polar surface area (TPSA) is 113 Å². The van der Waals surface area contributed by atoms with Gasteiger partial charge in [-0.15, -0.1) is 0 Å². The quantitative estimate of drug-likeness (QED) is 0.193. The third-order valence-corrected chi connectivity index (χ3v) is 5.53. The summed E-state index contributed by atoms with van der Waals surface area (Å²) in [7, 11) is 0. The Labute approximate surface area is 212 Å². The van der Waals surface area contributed by atoms with Gasteiger partial charge in [0.15, 0.2) is 0 Å². The van der Waals surface area contributed by atoms with Crippen molar-refractivity contribution in [2.45, 2.75) is 0 Å². The van der Waals surface area contributed by atoms with Crippen LogP contribution in [0.25, 0.3) is 10.8 Å². The number of rotatable bonds is 7. The van der Waals surface area contributed by atoms with Crippen LogP contribution in [0.2, 0.25) is 0 Å². The first-order valence-electron chi connectivity index (χ1n) is 11.4. The highest BCUT2D eigenvalue weighted by atomic mass is 16.5. The number of hydrogen-bond donors (Lipinski definition) is 4. The SMILES string of the molecule is O=C(Nc1ccccc1)Nc1ccc(Oc2ccnc(Nc3ccc(C(=O)O)cc3)c2)c2ccccc12. The molecule has 1 heterocycles. The van der Waals surface area contributed by atoms with Gasteiger partial charge in [-0.1, -0.05) is 42.5 Å². The van der Waals surface area contributed by atoms with Crippen molar-refractivity contribution in [1.82, 2.24) is 4.98 Å². The fourth-order valence-electron chi connectivity index (χ4n) is 3.79. The van der Waals surface area contributed by atoms with Gasteiger partial charge < -0.3 is 25.8 Å². The molecule has 2 amide bonds. The van der Waals surface area contributed by atoms with E-state index in [4.69, 9.17) is 9.84 Å². The van der Waals surface area contributed by atoms with Crippen LogP contribution in [-0.4, -0.2) is 22.1 Å². The lowest BCUT2D eigenvalue weighted by Crippen LogP contribution is -2.19. The molecule has 0 aliphatic rings. The van der Waals surface area contributed by atoms with E-state index in [2.05, 4.69) is 20.9 Å². The van der Waals surface area contributed by atoms with E-state index in [1.54, 1.807) is 42.6 Å². The molecule has 1 aromatic heterocycles. The van der Waals surface area contributed by atoms with Gasteiger partial charge in [0, 0.05) is 34.4 Å². The van der Waals surface area contributed by atoms with E-state index in [0.717, 1.165) is 10.8 Å². The Kier molecular flexibility index (Phi) is 6.63. The van der Waals surface area contributed by atoms with E-state index >= 15 is 0 Å². The number of urea groups is 1. The number of aromatic nitrogens is 1. The van der Waals surface area contributed by atoms with E-state index < -0.39 is 5.97 Å². The monoisotopic (exact) mass is 490 g/mol. The van der Waals surface area contributed by atoms with Crippen molar-refractivity contribution in [2.75, 3.05) is 16.0 Å². The number of nitrogens with one attached hydrogen (secondary N) is 3. The van der Waals surface area contributed by atoms with Crippen LogP contribution in [-0.2, 0) is 0 Å². The molecule has 4 aromatic carbocycles. The largest absolute Gasteiger partial charge is 0.478 e. The summed E-state index contributed by atoms with van der Waals surface area (Å²) in [4.78, 5) is 27.9. The van der Waals surface area contributed by atoms with Crippen molar-refractivity contribution in [3.8, 4) is 11.5 Å². The molecule has 37 heavy (non-hydrogen) atoms. The molecule has 182 valence electrons. The minimum absolute atomic E-state index is 0.206. The normalized spacial score (nSPS) is 10.5. The molecule has 0 spiro atoms. The summed E-state index contributed by atoms with van der Waals surface area (Å²) in [5.41, 5.74) is 2.25. The highest BCUT2D eigenvalue weighted by Gasteiger charge is 2.11. The number of carboxylic acids is 1.